The molecule has 4 rings (SSSR count). The number of hydrogen-bond acceptors (Lipinski definition) is 5. The Bertz CT molecular complexity index is 998. The molecule has 8 heteroatoms. The number of nitrogens with one attached hydrogen (secondary N) is 1. The van der Waals surface area contributed by atoms with Gasteiger partial charge in [0.1, 0.15) is 10.7 Å². The van der Waals surface area contributed by atoms with Crippen LogP contribution >= 0.6 is 0 Å². The van der Waals surface area contributed by atoms with E-state index in [0.717, 1.165) is 19.3 Å². The van der Waals surface area contributed by atoms with Crippen LogP contribution in [0.1, 0.15) is 57.1 Å². The molecule has 0 saturated carbocycles. The summed E-state index contributed by atoms with van der Waals surface area (Å²) in [7, 11) is -3.72. The smallest absolute Gasteiger partial charge is 0.285 e. The maximum atomic E-state index is 12.9. The molecule has 2 saturated heterocycles. The Morgan fingerprint density at radius 1 is 1.16 bits per heavy atom. The molecule has 1 aromatic rings. The van der Waals surface area contributed by atoms with E-state index >= 15 is 0 Å². The Hall–Kier alpha value is -2.19. The van der Waals surface area contributed by atoms with Gasteiger partial charge in [-0.05, 0) is 43.2 Å². The summed E-state index contributed by atoms with van der Waals surface area (Å²) in [6.45, 7) is 8.54. The third-order valence-corrected chi connectivity index (χ3v) is 7.89. The van der Waals surface area contributed by atoms with Crippen molar-refractivity contribution in [2.75, 3.05) is 26.3 Å². The van der Waals surface area contributed by atoms with Gasteiger partial charge in [-0.2, -0.15) is 8.42 Å². The van der Waals surface area contributed by atoms with Gasteiger partial charge >= 0.3 is 0 Å². The molecule has 1 N–H and O–H groups in total. The highest BCUT2D eigenvalue weighted by Crippen LogP contribution is 2.35. The van der Waals surface area contributed by atoms with Crippen LogP contribution in [0.15, 0.2) is 34.2 Å². The summed E-state index contributed by atoms with van der Waals surface area (Å²) < 4.78 is 35.1. The van der Waals surface area contributed by atoms with E-state index in [0.29, 0.717) is 54.1 Å². The standard InChI is InChI=1S/C23H31N3O4S/c1-15(2)17-4-6-18(7-5-17)21-16(3)22(25-31(21,28)29)26-11-8-20(9-12-26)24-23(27)19-10-13-30-14-19/h4-7,15,19-20H,8-14H2,1-3H3,(H,24,27). The van der Waals surface area contributed by atoms with Gasteiger partial charge in [-0.15, -0.1) is 4.40 Å². The van der Waals surface area contributed by atoms with Crippen LogP contribution in [0.3, 0.4) is 0 Å². The van der Waals surface area contributed by atoms with E-state index in [1.165, 1.54) is 5.56 Å². The maximum absolute atomic E-state index is 12.9. The third-order valence-electron chi connectivity index (χ3n) is 6.42. The van der Waals surface area contributed by atoms with Crippen molar-refractivity contribution in [2.24, 2.45) is 10.3 Å². The van der Waals surface area contributed by atoms with Gasteiger partial charge in [-0.25, -0.2) is 0 Å². The van der Waals surface area contributed by atoms with Crippen LogP contribution in [-0.2, 0) is 19.6 Å². The quantitative estimate of drug-likeness (QED) is 0.770. The summed E-state index contributed by atoms with van der Waals surface area (Å²) in [6.07, 6.45) is 2.32. The number of ether oxygens (including phenoxy) is 1. The summed E-state index contributed by atoms with van der Waals surface area (Å²) in [4.78, 5) is 14.7. The molecular formula is C23H31N3O4S. The first-order chi connectivity index (χ1) is 14.8. The van der Waals surface area contributed by atoms with Gasteiger partial charge in [-0.3, -0.25) is 4.79 Å². The van der Waals surface area contributed by atoms with Crippen molar-refractivity contribution in [3.05, 3.63) is 41.0 Å². The molecule has 168 valence electrons. The van der Waals surface area contributed by atoms with Crippen molar-refractivity contribution in [1.29, 1.82) is 0 Å². The minimum absolute atomic E-state index is 0.0443. The van der Waals surface area contributed by atoms with Crippen LogP contribution in [0, 0.1) is 5.92 Å². The fourth-order valence-corrected chi connectivity index (χ4v) is 5.98. The first-order valence-corrected chi connectivity index (χ1v) is 12.5. The van der Waals surface area contributed by atoms with Crippen molar-refractivity contribution in [1.82, 2.24) is 10.2 Å². The maximum Gasteiger partial charge on any atom is 0.285 e. The lowest BCUT2D eigenvalue weighted by Gasteiger charge is -2.34. The second kappa shape index (κ2) is 8.74. The lowest BCUT2D eigenvalue weighted by molar-refractivity contribution is -0.125. The molecule has 7 nitrogen and oxygen atoms in total. The molecule has 31 heavy (non-hydrogen) atoms. The van der Waals surface area contributed by atoms with Crippen molar-refractivity contribution in [2.45, 2.75) is 52.0 Å². The molecule has 3 aliphatic rings. The lowest BCUT2D eigenvalue weighted by atomic mass is 10.00. The molecule has 0 radical (unpaired) electrons. The summed E-state index contributed by atoms with van der Waals surface area (Å²) in [5.41, 5.74) is 2.55. The molecular weight excluding hydrogens is 414 g/mol. The molecule has 3 heterocycles. The molecule has 1 aromatic carbocycles. The van der Waals surface area contributed by atoms with E-state index in [4.69, 9.17) is 4.74 Å². The highest BCUT2D eigenvalue weighted by atomic mass is 32.2. The van der Waals surface area contributed by atoms with Gasteiger partial charge in [0.15, 0.2) is 0 Å². The average Bonchev–Trinajstić information content (AvgIpc) is 3.35. The number of piperidine rings is 1. The highest BCUT2D eigenvalue weighted by molar-refractivity contribution is 8.00. The predicted molar refractivity (Wildman–Crippen MR) is 121 cm³/mol. The largest absolute Gasteiger partial charge is 0.381 e. The molecule has 0 aliphatic carbocycles. The SMILES string of the molecule is CC1=C(c2ccc(C(C)C)cc2)S(=O)(=O)N=C1N1CCC(NC(=O)C2CCOC2)CC1. The van der Waals surface area contributed by atoms with Crippen LogP contribution in [0.2, 0.25) is 0 Å². The summed E-state index contributed by atoms with van der Waals surface area (Å²) in [6, 6.07) is 7.82. The molecule has 0 aromatic heterocycles. The number of likely N-dealkylation sites (tertiary alicyclic amines) is 1. The average molecular weight is 446 g/mol. The Morgan fingerprint density at radius 2 is 1.84 bits per heavy atom. The number of rotatable bonds is 4. The normalized spacial score (nSPS) is 24.1. The highest BCUT2D eigenvalue weighted by Gasteiger charge is 2.35. The fraction of sp³-hybridized carbons (Fsp3) is 0.565. The van der Waals surface area contributed by atoms with Crippen molar-refractivity contribution in [3.8, 4) is 0 Å². The topological polar surface area (TPSA) is 88.1 Å². The van der Waals surface area contributed by atoms with Crippen LogP contribution in [0.4, 0.5) is 0 Å². The minimum Gasteiger partial charge on any atom is -0.381 e. The second-order valence-electron chi connectivity index (χ2n) is 8.95. The fourth-order valence-electron chi connectivity index (χ4n) is 4.50. The molecule has 0 spiro atoms. The van der Waals surface area contributed by atoms with E-state index in [1.807, 2.05) is 36.1 Å². The van der Waals surface area contributed by atoms with E-state index in [9.17, 15) is 13.2 Å². The molecule has 0 bridgehead atoms. The molecule has 1 unspecified atom stereocenters. The Morgan fingerprint density at radius 3 is 2.42 bits per heavy atom. The van der Waals surface area contributed by atoms with E-state index in [2.05, 4.69) is 23.6 Å². The lowest BCUT2D eigenvalue weighted by Crippen LogP contribution is -2.48. The number of amidine groups is 1. The number of nitrogens with zero attached hydrogens (tertiary/aromatic N) is 2. The minimum atomic E-state index is -3.72. The Kier molecular flexibility index (Phi) is 6.21. The van der Waals surface area contributed by atoms with Gasteiger partial charge in [0.25, 0.3) is 10.0 Å². The molecule has 2 fully saturated rings. The van der Waals surface area contributed by atoms with E-state index in [1.54, 1.807) is 0 Å². The molecule has 3 aliphatic heterocycles. The van der Waals surface area contributed by atoms with Crippen LogP contribution in [0.25, 0.3) is 4.91 Å². The summed E-state index contributed by atoms with van der Waals surface area (Å²) in [5, 5.41) is 3.13. The van der Waals surface area contributed by atoms with Crippen molar-refractivity contribution >= 4 is 26.7 Å². The number of carbonyl (C=O) groups is 1. The Labute approximate surface area is 184 Å². The van der Waals surface area contributed by atoms with Gasteiger partial charge in [-0.1, -0.05) is 38.1 Å². The van der Waals surface area contributed by atoms with Gasteiger partial charge < -0.3 is 15.0 Å². The number of hydrogen-bond donors (Lipinski definition) is 1. The zero-order valence-corrected chi connectivity index (χ0v) is 19.2. The first kappa shape index (κ1) is 22.0. The molecule has 1 atom stereocenters. The summed E-state index contributed by atoms with van der Waals surface area (Å²) in [5.74, 6) is 0.952. The first-order valence-electron chi connectivity index (χ1n) is 11.1. The Balaban J connectivity index is 1.44. The van der Waals surface area contributed by atoms with Crippen LogP contribution < -0.4 is 5.32 Å². The number of amides is 1. The third kappa shape index (κ3) is 4.55. The number of sulfonamides is 1. The van der Waals surface area contributed by atoms with Gasteiger partial charge in [0.05, 0.1) is 12.5 Å². The van der Waals surface area contributed by atoms with Crippen molar-refractivity contribution < 1.29 is 17.9 Å². The monoisotopic (exact) mass is 445 g/mol. The van der Waals surface area contributed by atoms with E-state index in [-0.39, 0.29) is 17.9 Å². The number of carbonyl (C=O) groups excluding carboxylic acids is 1. The molecule has 1 amide bonds. The predicted octanol–water partition coefficient (Wildman–Crippen LogP) is 2.90. The van der Waals surface area contributed by atoms with E-state index < -0.39 is 10.0 Å². The van der Waals surface area contributed by atoms with Crippen LogP contribution in [0.5, 0.6) is 0 Å². The summed E-state index contributed by atoms with van der Waals surface area (Å²) >= 11 is 0. The zero-order valence-electron chi connectivity index (χ0n) is 18.4. The van der Waals surface area contributed by atoms with Gasteiger partial charge in [0.2, 0.25) is 5.91 Å². The van der Waals surface area contributed by atoms with Crippen molar-refractivity contribution in [3.63, 3.8) is 0 Å². The zero-order chi connectivity index (χ0) is 22.2. The second-order valence-corrected chi connectivity index (χ2v) is 10.5. The van der Waals surface area contributed by atoms with Gasteiger partial charge in [0, 0.05) is 31.3 Å². The number of benzene rings is 1. The van der Waals surface area contributed by atoms with Crippen LogP contribution in [-0.4, -0.2) is 57.4 Å².